The van der Waals surface area contributed by atoms with Crippen molar-refractivity contribution in [2.24, 2.45) is 0 Å². The number of Topliss-reactive ketones (excluding diaryl/α,β-unsaturated/α-hetero) is 1. The molecule has 3 heterocycles. The molecule has 0 radical (unpaired) electrons. The molecule has 3 aromatic rings. The Morgan fingerprint density at radius 3 is 2.53 bits per heavy atom. The molecular formula is C25H23N5O4. The van der Waals surface area contributed by atoms with Gasteiger partial charge in [0.15, 0.2) is 5.78 Å². The summed E-state index contributed by atoms with van der Waals surface area (Å²) in [6.07, 6.45) is 0.655. The van der Waals surface area contributed by atoms with E-state index < -0.39 is 17.4 Å². The van der Waals surface area contributed by atoms with Crippen molar-refractivity contribution in [1.82, 2.24) is 9.97 Å². The maximum Gasteiger partial charge on any atom is 0.258 e. The Morgan fingerprint density at radius 2 is 1.79 bits per heavy atom. The summed E-state index contributed by atoms with van der Waals surface area (Å²) in [7, 11) is 0. The third-order valence-electron chi connectivity index (χ3n) is 6.24. The normalized spacial score (nSPS) is 16.8. The van der Waals surface area contributed by atoms with E-state index in [1.165, 1.54) is 12.5 Å². The maximum atomic E-state index is 13.1. The van der Waals surface area contributed by atoms with Gasteiger partial charge in [-0.1, -0.05) is 24.3 Å². The summed E-state index contributed by atoms with van der Waals surface area (Å²) in [5, 5.41) is 5.39. The molecule has 0 saturated heterocycles. The van der Waals surface area contributed by atoms with Gasteiger partial charge in [-0.3, -0.25) is 24.2 Å². The molecular weight excluding hydrogens is 434 g/mol. The van der Waals surface area contributed by atoms with Crippen molar-refractivity contribution >= 4 is 35.1 Å². The molecule has 0 spiro atoms. The van der Waals surface area contributed by atoms with Crippen molar-refractivity contribution in [2.45, 2.75) is 32.2 Å². The first-order chi connectivity index (χ1) is 16.4. The van der Waals surface area contributed by atoms with Crippen LogP contribution in [0.2, 0.25) is 0 Å². The van der Waals surface area contributed by atoms with Crippen LogP contribution in [0.5, 0.6) is 0 Å². The summed E-state index contributed by atoms with van der Waals surface area (Å²) in [5.74, 6) is -1.46. The van der Waals surface area contributed by atoms with Gasteiger partial charge in [0.1, 0.15) is 5.82 Å². The number of benzene rings is 2. The van der Waals surface area contributed by atoms with E-state index in [9.17, 15) is 19.2 Å². The highest BCUT2D eigenvalue weighted by Crippen LogP contribution is 2.31. The van der Waals surface area contributed by atoms with E-state index in [-0.39, 0.29) is 29.5 Å². The Labute approximate surface area is 195 Å². The predicted octanol–water partition coefficient (Wildman–Crippen LogP) is 2.60. The number of anilines is 3. The second-order valence-electron chi connectivity index (χ2n) is 8.52. The molecule has 172 valence electrons. The van der Waals surface area contributed by atoms with E-state index in [4.69, 9.17) is 0 Å². The number of carbonyl (C=O) groups is 3. The van der Waals surface area contributed by atoms with Crippen LogP contribution in [0.3, 0.4) is 0 Å². The monoisotopic (exact) mass is 457 g/mol. The van der Waals surface area contributed by atoms with Crippen molar-refractivity contribution in [3.63, 3.8) is 0 Å². The van der Waals surface area contributed by atoms with Crippen LogP contribution in [-0.4, -0.2) is 34.1 Å². The first-order valence-electron chi connectivity index (χ1n) is 11.1. The number of aromatic nitrogens is 2. The van der Waals surface area contributed by atoms with Crippen LogP contribution in [-0.2, 0) is 22.6 Å². The minimum absolute atomic E-state index is 0.0821. The Hall–Kier alpha value is -4.27. The average Bonchev–Trinajstić information content (AvgIpc) is 2.83. The average molecular weight is 457 g/mol. The zero-order valence-corrected chi connectivity index (χ0v) is 18.6. The van der Waals surface area contributed by atoms with E-state index in [1.807, 2.05) is 23.1 Å². The zero-order chi connectivity index (χ0) is 23.8. The van der Waals surface area contributed by atoms with Gasteiger partial charge in [0.05, 0.1) is 11.5 Å². The van der Waals surface area contributed by atoms with Gasteiger partial charge in [0.25, 0.3) is 5.56 Å². The summed E-state index contributed by atoms with van der Waals surface area (Å²) in [6, 6.07) is 14.6. The van der Waals surface area contributed by atoms with Crippen molar-refractivity contribution in [2.75, 3.05) is 22.1 Å². The van der Waals surface area contributed by atoms with Gasteiger partial charge in [-0.05, 0) is 48.7 Å². The van der Waals surface area contributed by atoms with E-state index in [2.05, 4.69) is 26.7 Å². The lowest BCUT2D eigenvalue weighted by atomic mass is 9.92. The third kappa shape index (κ3) is 4.07. The van der Waals surface area contributed by atoms with E-state index in [0.29, 0.717) is 30.3 Å². The van der Waals surface area contributed by atoms with Crippen LogP contribution in [0.25, 0.3) is 0 Å². The van der Waals surface area contributed by atoms with Gasteiger partial charge < -0.3 is 15.5 Å². The van der Waals surface area contributed by atoms with E-state index in [1.54, 1.807) is 24.3 Å². The fraction of sp³-hybridized carbons (Fsp3) is 0.240. The van der Waals surface area contributed by atoms with Gasteiger partial charge in [0, 0.05) is 30.8 Å². The van der Waals surface area contributed by atoms with Crippen LogP contribution < -0.4 is 21.1 Å². The summed E-state index contributed by atoms with van der Waals surface area (Å²) in [5.41, 5.74) is 3.10. The smallest absolute Gasteiger partial charge is 0.258 e. The molecule has 3 N–H and O–H groups in total. The molecule has 5 rings (SSSR count). The first kappa shape index (κ1) is 21.6. The molecule has 1 atom stereocenters. The van der Waals surface area contributed by atoms with Gasteiger partial charge in [-0.2, -0.15) is 4.98 Å². The summed E-state index contributed by atoms with van der Waals surface area (Å²) in [4.78, 5) is 59.2. The first-order valence-corrected chi connectivity index (χ1v) is 11.1. The Morgan fingerprint density at radius 1 is 1.06 bits per heavy atom. The largest absolute Gasteiger partial charge is 0.338 e. The number of hydrogen-bond donors (Lipinski definition) is 3. The van der Waals surface area contributed by atoms with Crippen LogP contribution in [0, 0.1) is 0 Å². The number of fused-ring (bicyclic) bond motifs is 2. The summed E-state index contributed by atoms with van der Waals surface area (Å²) >= 11 is 0. The molecule has 0 unspecified atom stereocenters. The molecule has 2 aliphatic heterocycles. The number of ketones is 1. The van der Waals surface area contributed by atoms with Gasteiger partial charge >= 0.3 is 0 Å². The number of carbonyl (C=O) groups excluding carboxylic acids is 3. The van der Waals surface area contributed by atoms with Crippen molar-refractivity contribution < 1.29 is 14.4 Å². The second-order valence-corrected chi connectivity index (χ2v) is 8.52. The maximum absolute atomic E-state index is 13.1. The molecule has 2 amide bonds. The zero-order valence-electron chi connectivity index (χ0n) is 18.6. The summed E-state index contributed by atoms with van der Waals surface area (Å²) < 4.78 is 0. The molecule has 0 aliphatic carbocycles. The summed E-state index contributed by atoms with van der Waals surface area (Å²) in [6.45, 7) is 2.72. The van der Waals surface area contributed by atoms with Crippen molar-refractivity contribution in [3.05, 3.63) is 81.1 Å². The van der Waals surface area contributed by atoms with Gasteiger partial charge in [0.2, 0.25) is 17.8 Å². The number of nitrogens with one attached hydrogen (secondary N) is 3. The Kier molecular flexibility index (Phi) is 5.45. The highest BCUT2D eigenvalue weighted by atomic mass is 16.2. The molecule has 9 nitrogen and oxygen atoms in total. The topological polar surface area (TPSA) is 124 Å². The van der Waals surface area contributed by atoms with Crippen LogP contribution in [0.4, 0.5) is 17.5 Å². The predicted molar refractivity (Wildman–Crippen MR) is 127 cm³/mol. The highest BCUT2D eigenvalue weighted by molar-refractivity contribution is 6.04. The Bertz CT molecular complexity index is 1360. The number of amides is 2. The SMILES string of the molecule is CC(=O)c1ccc(NC(=O)[C@H]2CC(=O)Nc3nc(N4CCc5ccccc5C4)[nH]c(=O)c32)cc1. The quantitative estimate of drug-likeness (QED) is 0.518. The number of hydrogen-bond acceptors (Lipinski definition) is 6. The molecule has 1 aromatic heterocycles. The molecule has 2 aliphatic rings. The fourth-order valence-corrected chi connectivity index (χ4v) is 4.43. The van der Waals surface area contributed by atoms with E-state index in [0.717, 1.165) is 12.0 Å². The number of aromatic amines is 1. The van der Waals surface area contributed by atoms with Crippen LogP contribution in [0.1, 0.15) is 46.3 Å². The fourth-order valence-electron chi connectivity index (χ4n) is 4.43. The minimum Gasteiger partial charge on any atom is -0.338 e. The number of rotatable bonds is 4. The molecule has 0 bridgehead atoms. The third-order valence-corrected chi connectivity index (χ3v) is 6.24. The number of nitrogens with zero attached hydrogens (tertiary/aromatic N) is 2. The van der Waals surface area contributed by atoms with Gasteiger partial charge in [-0.25, -0.2) is 0 Å². The lowest BCUT2D eigenvalue weighted by Crippen LogP contribution is -2.38. The molecule has 0 fully saturated rings. The van der Waals surface area contributed by atoms with Crippen molar-refractivity contribution in [3.8, 4) is 0 Å². The van der Waals surface area contributed by atoms with Gasteiger partial charge in [-0.15, -0.1) is 0 Å². The standard InChI is InChI=1S/C25H23N5O4/c1-14(31)15-6-8-18(9-7-15)26-23(33)19-12-20(32)27-22-21(19)24(34)29-25(28-22)30-11-10-16-4-2-3-5-17(16)13-30/h2-9,19H,10-13H2,1H3,(H,26,33)(H2,27,28,29,32,34)/t19-/m0/s1. The van der Waals surface area contributed by atoms with Crippen LogP contribution in [0.15, 0.2) is 53.3 Å². The van der Waals surface area contributed by atoms with Crippen LogP contribution >= 0.6 is 0 Å². The highest BCUT2D eigenvalue weighted by Gasteiger charge is 2.35. The molecule has 9 heteroatoms. The molecule has 0 saturated carbocycles. The minimum atomic E-state index is -0.983. The Balaban J connectivity index is 1.41. The second kappa shape index (κ2) is 8.58. The van der Waals surface area contributed by atoms with Crippen molar-refractivity contribution in [1.29, 1.82) is 0 Å². The van der Waals surface area contributed by atoms with E-state index >= 15 is 0 Å². The molecule has 2 aromatic carbocycles. The lowest BCUT2D eigenvalue weighted by Gasteiger charge is -2.30. The molecule has 34 heavy (non-hydrogen) atoms. The lowest BCUT2D eigenvalue weighted by molar-refractivity contribution is -0.123. The number of H-pyrrole nitrogens is 1.